The molecule has 1 heterocycles. The molecule has 0 saturated carbocycles. The van der Waals surface area contributed by atoms with Gasteiger partial charge in [-0.1, -0.05) is 36.4 Å². The normalized spacial score (nSPS) is 10.7. The van der Waals surface area contributed by atoms with Crippen molar-refractivity contribution in [1.29, 1.82) is 0 Å². The van der Waals surface area contributed by atoms with Gasteiger partial charge in [0, 0.05) is 32.3 Å². The third kappa shape index (κ3) is 4.40. The lowest BCUT2D eigenvalue weighted by Gasteiger charge is -2.10. The minimum absolute atomic E-state index is 0.464. The van der Waals surface area contributed by atoms with Crippen LogP contribution in [0.4, 0.5) is 5.95 Å². The fraction of sp³-hybridized carbons (Fsp3) is 0.300. The maximum Gasteiger partial charge on any atom is 0.244 e. The highest BCUT2D eigenvalue weighted by atomic mass is 16.5. The monoisotopic (exact) mass is 352 g/mol. The zero-order chi connectivity index (χ0) is 18.4. The van der Waals surface area contributed by atoms with Crippen LogP contribution in [-0.4, -0.2) is 43.0 Å². The summed E-state index contributed by atoms with van der Waals surface area (Å²) in [7, 11) is 5.54. The standard InChI is InChI=1S/C20H24N4O2/c1-24(2)20-21-19(22-23-20)18-7-5-4-6-16(18)14-26-17-10-8-15(9-11-17)12-13-25-3/h4-11H,12-14H2,1-3H3,(H,21,22,23). The summed E-state index contributed by atoms with van der Waals surface area (Å²) >= 11 is 0. The van der Waals surface area contributed by atoms with Crippen LogP contribution >= 0.6 is 0 Å². The highest BCUT2D eigenvalue weighted by Crippen LogP contribution is 2.23. The van der Waals surface area contributed by atoms with Crippen molar-refractivity contribution in [3.63, 3.8) is 0 Å². The van der Waals surface area contributed by atoms with Crippen molar-refractivity contribution in [3.05, 3.63) is 59.7 Å². The highest BCUT2D eigenvalue weighted by Gasteiger charge is 2.11. The molecule has 1 aromatic heterocycles. The molecule has 0 saturated heterocycles. The van der Waals surface area contributed by atoms with Crippen molar-refractivity contribution >= 4 is 5.95 Å². The van der Waals surface area contributed by atoms with Gasteiger partial charge in [0.1, 0.15) is 12.4 Å². The van der Waals surface area contributed by atoms with E-state index >= 15 is 0 Å². The van der Waals surface area contributed by atoms with Gasteiger partial charge >= 0.3 is 0 Å². The Bertz CT molecular complexity index is 828. The molecule has 0 spiro atoms. The molecule has 0 amide bonds. The molecule has 0 fully saturated rings. The molecule has 0 unspecified atom stereocenters. The Morgan fingerprint density at radius 2 is 1.81 bits per heavy atom. The van der Waals surface area contributed by atoms with Gasteiger partial charge in [-0.05, 0) is 24.1 Å². The SMILES string of the molecule is COCCc1ccc(OCc2ccccc2-c2nc(N(C)C)n[nH]2)cc1. The van der Waals surface area contributed by atoms with Gasteiger partial charge in [-0.3, -0.25) is 5.10 Å². The maximum atomic E-state index is 5.96. The van der Waals surface area contributed by atoms with Gasteiger partial charge in [0.15, 0.2) is 5.82 Å². The number of benzene rings is 2. The van der Waals surface area contributed by atoms with Gasteiger partial charge < -0.3 is 14.4 Å². The number of aromatic amines is 1. The number of anilines is 1. The number of H-pyrrole nitrogens is 1. The van der Waals surface area contributed by atoms with E-state index < -0.39 is 0 Å². The first-order chi connectivity index (χ1) is 12.7. The summed E-state index contributed by atoms with van der Waals surface area (Å²) in [6.07, 6.45) is 0.902. The Labute approximate surface area is 153 Å². The second kappa shape index (κ2) is 8.49. The summed E-state index contributed by atoms with van der Waals surface area (Å²) in [6.45, 7) is 1.19. The van der Waals surface area contributed by atoms with Crippen molar-refractivity contribution in [2.45, 2.75) is 13.0 Å². The summed E-state index contributed by atoms with van der Waals surface area (Å²) in [5.41, 5.74) is 3.28. The quantitative estimate of drug-likeness (QED) is 0.674. The molecular weight excluding hydrogens is 328 g/mol. The zero-order valence-corrected chi connectivity index (χ0v) is 15.4. The summed E-state index contributed by atoms with van der Waals surface area (Å²) in [4.78, 5) is 6.39. The molecule has 6 heteroatoms. The molecule has 0 aliphatic heterocycles. The lowest BCUT2D eigenvalue weighted by Crippen LogP contribution is -2.10. The van der Waals surface area contributed by atoms with Crippen LogP contribution in [0.25, 0.3) is 11.4 Å². The summed E-state index contributed by atoms with van der Waals surface area (Å²) in [5, 5.41) is 7.22. The Hall–Kier alpha value is -2.86. The third-order valence-corrected chi connectivity index (χ3v) is 4.06. The minimum atomic E-state index is 0.464. The van der Waals surface area contributed by atoms with E-state index in [2.05, 4.69) is 27.3 Å². The predicted molar refractivity (Wildman–Crippen MR) is 102 cm³/mol. The first-order valence-electron chi connectivity index (χ1n) is 8.56. The lowest BCUT2D eigenvalue weighted by atomic mass is 10.1. The van der Waals surface area contributed by atoms with Crippen LogP contribution in [0.1, 0.15) is 11.1 Å². The highest BCUT2D eigenvalue weighted by molar-refractivity contribution is 5.61. The van der Waals surface area contributed by atoms with Crippen LogP contribution in [-0.2, 0) is 17.8 Å². The minimum Gasteiger partial charge on any atom is -0.489 e. The molecule has 0 bridgehead atoms. The van der Waals surface area contributed by atoms with E-state index in [1.807, 2.05) is 55.4 Å². The first kappa shape index (κ1) is 17.9. The van der Waals surface area contributed by atoms with Gasteiger partial charge in [-0.2, -0.15) is 4.98 Å². The molecule has 2 aromatic carbocycles. The van der Waals surface area contributed by atoms with E-state index in [4.69, 9.17) is 9.47 Å². The van der Waals surface area contributed by atoms with E-state index in [0.717, 1.165) is 35.7 Å². The van der Waals surface area contributed by atoms with E-state index in [1.165, 1.54) is 5.56 Å². The molecule has 136 valence electrons. The second-order valence-electron chi connectivity index (χ2n) is 6.21. The number of aromatic nitrogens is 3. The third-order valence-electron chi connectivity index (χ3n) is 4.06. The predicted octanol–water partition coefficient (Wildman–Crippen LogP) is 3.31. The van der Waals surface area contributed by atoms with E-state index in [0.29, 0.717) is 12.6 Å². The van der Waals surface area contributed by atoms with Crippen LogP contribution in [0.2, 0.25) is 0 Å². The largest absolute Gasteiger partial charge is 0.489 e. The van der Waals surface area contributed by atoms with Gasteiger partial charge in [-0.15, -0.1) is 5.10 Å². The molecule has 6 nitrogen and oxygen atoms in total. The summed E-state index contributed by atoms with van der Waals surface area (Å²) in [5.74, 6) is 2.23. The van der Waals surface area contributed by atoms with Crippen molar-refractivity contribution in [2.75, 3.05) is 32.7 Å². The molecule has 1 N–H and O–H groups in total. The molecule has 0 aliphatic rings. The summed E-state index contributed by atoms with van der Waals surface area (Å²) < 4.78 is 11.1. The number of ether oxygens (including phenoxy) is 2. The fourth-order valence-corrected chi connectivity index (χ4v) is 2.58. The van der Waals surface area contributed by atoms with E-state index in [-0.39, 0.29) is 0 Å². The van der Waals surface area contributed by atoms with Crippen molar-refractivity contribution < 1.29 is 9.47 Å². The average Bonchev–Trinajstić information content (AvgIpc) is 3.16. The van der Waals surface area contributed by atoms with E-state index in [9.17, 15) is 0 Å². The van der Waals surface area contributed by atoms with Crippen LogP contribution in [0, 0.1) is 0 Å². The van der Waals surface area contributed by atoms with E-state index in [1.54, 1.807) is 7.11 Å². The van der Waals surface area contributed by atoms with Gasteiger partial charge in [-0.25, -0.2) is 0 Å². The average molecular weight is 352 g/mol. The van der Waals surface area contributed by atoms with Gasteiger partial charge in [0.25, 0.3) is 0 Å². The molecule has 0 radical (unpaired) electrons. The van der Waals surface area contributed by atoms with Crippen molar-refractivity contribution in [3.8, 4) is 17.1 Å². The fourth-order valence-electron chi connectivity index (χ4n) is 2.58. The number of hydrogen-bond acceptors (Lipinski definition) is 5. The number of methoxy groups -OCH3 is 1. The molecule has 0 aliphatic carbocycles. The molecule has 3 aromatic rings. The Kier molecular flexibility index (Phi) is 5.86. The number of nitrogens with one attached hydrogen (secondary N) is 1. The number of hydrogen-bond donors (Lipinski definition) is 1. The van der Waals surface area contributed by atoms with Crippen LogP contribution in [0.15, 0.2) is 48.5 Å². The second-order valence-corrected chi connectivity index (χ2v) is 6.21. The van der Waals surface area contributed by atoms with Gasteiger partial charge in [0.2, 0.25) is 5.95 Å². The number of rotatable bonds is 8. The molecular formula is C20H24N4O2. The molecule has 3 rings (SSSR count). The Morgan fingerprint density at radius 1 is 1.04 bits per heavy atom. The van der Waals surface area contributed by atoms with Crippen LogP contribution in [0.3, 0.4) is 0 Å². The van der Waals surface area contributed by atoms with Crippen molar-refractivity contribution in [2.24, 2.45) is 0 Å². The zero-order valence-electron chi connectivity index (χ0n) is 15.4. The smallest absolute Gasteiger partial charge is 0.244 e. The summed E-state index contributed by atoms with van der Waals surface area (Å²) in [6, 6.07) is 16.2. The van der Waals surface area contributed by atoms with Crippen molar-refractivity contribution in [1.82, 2.24) is 15.2 Å². The van der Waals surface area contributed by atoms with Crippen LogP contribution in [0.5, 0.6) is 5.75 Å². The maximum absolute atomic E-state index is 5.96. The number of nitrogens with zero attached hydrogens (tertiary/aromatic N) is 3. The lowest BCUT2D eigenvalue weighted by molar-refractivity contribution is 0.202. The molecule has 26 heavy (non-hydrogen) atoms. The topological polar surface area (TPSA) is 63.3 Å². The Morgan fingerprint density at radius 3 is 2.50 bits per heavy atom. The Balaban J connectivity index is 1.70. The first-order valence-corrected chi connectivity index (χ1v) is 8.56. The van der Waals surface area contributed by atoms with Gasteiger partial charge in [0.05, 0.1) is 6.61 Å². The van der Waals surface area contributed by atoms with Crippen LogP contribution < -0.4 is 9.64 Å². The molecule has 0 atom stereocenters.